The third kappa shape index (κ3) is 3.35. The van der Waals surface area contributed by atoms with Crippen LogP contribution in [0.3, 0.4) is 0 Å². The predicted molar refractivity (Wildman–Crippen MR) is 75.5 cm³/mol. The van der Waals surface area contributed by atoms with Crippen molar-refractivity contribution in [1.82, 2.24) is 4.98 Å². The van der Waals surface area contributed by atoms with Gasteiger partial charge in [0.25, 0.3) is 0 Å². The van der Waals surface area contributed by atoms with Gasteiger partial charge >= 0.3 is 0 Å². The SMILES string of the molecule is NNc1ccnc(COc2ccc(Cl)cc2Br)c1. The number of halogens is 2. The molecule has 0 saturated carbocycles. The number of rotatable bonds is 4. The van der Waals surface area contributed by atoms with Gasteiger partial charge in [0.15, 0.2) is 0 Å². The van der Waals surface area contributed by atoms with E-state index in [2.05, 4.69) is 26.3 Å². The van der Waals surface area contributed by atoms with Crippen molar-refractivity contribution < 1.29 is 4.74 Å². The van der Waals surface area contributed by atoms with Crippen LogP contribution in [0.1, 0.15) is 5.69 Å². The van der Waals surface area contributed by atoms with Crippen molar-refractivity contribution in [1.29, 1.82) is 0 Å². The highest BCUT2D eigenvalue weighted by Crippen LogP contribution is 2.28. The molecule has 6 heteroatoms. The molecule has 0 spiro atoms. The van der Waals surface area contributed by atoms with E-state index in [0.29, 0.717) is 17.4 Å². The second-order valence-corrected chi connectivity index (χ2v) is 4.83. The second kappa shape index (κ2) is 6.04. The van der Waals surface area contributed by atoms with E-state index >= 15 is 0 Å². The molecule has 2 rings (SSSR count). The monoisotopic (exact) mass is 327 g/mol. The van der Waals surface area contributed by atoms with Crippen LogP contribution >= 0.6 is 27.5 Å². The van der Waals surface area contributed by atoms with Gasteiger partial charge in [-0.05, 0) is 46.3 Å². The van der Waals surface area contributed by atoms with Crippen molar-refractivity contribution in [3.63, 3.8) is 0 Å². The molecular weight excluding hydrogens is 318 g/mol. The fourth-order valence-electron chi connectivity index (χ4n) is 1.39. The topological polar surface area (TPSA) is 60.2 Å². The summed E-state index contributed by atoms with van der Waals surface area (Å²) in [4.78, 5) is 4.19. The van der Waals surface area contributed by atoms with Crippen LogP contribution in [0.4, 0.5) is 5.69 Å². The maximum absolute atomic E-state index is 5.85. The molecule has 18 heavy (non-hydrogen) atoms. The predicted octanol–water partition coefficient (Wildman–Crippen LogP) is 3.36. The van der Waals surface area contributed by atoms with E-state index in [1.807, 2.05) is 6.07 Å². The summed E-state index contributed by atoms with van der Waals surface area (Å²) < 4.78 is 6.45. The lowest BCUT2D eigenvalue weighted by molar-refractivity contribution is 0.299. The minimum absolute atomic E-state index is 0.357. The first kappa shape index (κ1) is 13.1. The van der Waals surface area contributed by atoms with Crippen molar-refractivity contribution in [3.8, 4) is 5.75 Å². The molecule has 1 aromatic heterocycles. The molecule has 3 N–H and O–H groups in total. The van der Waals surface area contributed by atoms with E-state index in [1.165, 1.54) is 0 Å². The molecule has 0 amide bonds. The summed E-state index contributed by atoms with van der Waals surface area (Å²) in [6, 6.07) is 8.96. The number of anilines is 1. The van der Waals surface area contributed by atoms with Gasteiger partial charge in [-0.25, -0.2) is 0 Å². The zero-order chi connectivity index (χ0) is 13.0. The molecule has 1 heterocycles. The fourth-order valence-corrected chi connectivity index (χ4v) is 2.19. The first-order valence-corrected chi connectivity index (χ1v) is 6.35. The van der Waals surface area contributed by atoms with E-state index in [9.17, 15) is 0 Å². The summed E-state index contributed by atoms with van der Waals surface area (Å²) >= 11 is 9.24. The van der Waals surface area contributed by atoms with Gasteiger partial charge in [-0.1, -0.05) is 11.6 Å². The summed E-state index contributed by atoms with van der Waals surface area (Å²) in [7, 11) is 0. The molecule has 0 bridgehead atoms. The largest absolute Gasteiger partial charge is 0.486 e. The molecule has 0 radical (unpaired) electrons. The third-order valence-corrected chi connectivity index (χ3v) is 3.11. The summed E-state index contributed by atoms with van der Waals surface area (Å²) in [5, 5.41) is 0.654. The van der Waals surface area contributed by atoms with Crippen molar-refractivity contribution in [2.45, 2.75) is 6.61 Å². The van der Waals surface area contributed by atoms with Crippen LogP contribution in [0, 0.1) is 0 Å². The standard InChI is InChI=1S/C12H11BrClN3O/c13-11-5-8(14)1-2-12(11)18-7-10-6-9(17-15)3-4-16-10/h1-6H,7,15H2,(H,16,17). The van der Waals surface area contributed by atoms with E-state index in [-0.39, 0.29) is 0 Å². The Labute approximate surface area is 118 Å². The van der Waals surface area contributed by atoms with Crippen molar-refractivity contribution in [3.05, 3.63) is 51.7 Å². The van der Waals surface area contributed by atoms with Gasteiger partial charge in [0.2, 0.25) is 0 Å². The van der Waals surface area contributed by atoms with E-state index in [4.69, 9.17) is 22.2 Å². The van der Waals surface area contributed by atoms with Crippen LogP contribution in [0.2, 0.25) is 5.02 Å². The van der Waals surface area contributed by atoms with Crippen LogP contribution in [0.5, 0.6) is 5.75 Å². The molecule has 0 aliphatic heterocycles. The number of nitrogens with zero attached hydrogens (tertiary/aromatic N) is 1. The van der Waals surface area contributed by atoms with Crippen LogP contribution in [-0.4, -0.2) is 4.98 Å². The van der Waals surface area contributed by atoms with Crippen LogP contribution < -0.4 is 16.0 Å². The van der Waals surface area contributed by atoms with Gasteiger partial charge in [0.05, 0.1) is 15.9 Å². The number of pyridine rings is 1. The Hall–Kier alpha value is -1.30. The summed E-state index contributed by atoms with van der Waals surface area (Å²) in [6.45, 7) is 0.357. The van der Waals surface area contributed by atoms with E-state index < -0.39 is 0 Å². The quantitative estimate of drug-likeness (QED) is 0.667. The summed E-state index contributed by atoms with van der Waals surface area (Å²) in [5.74, 6) is 6.04. The van der Waals surface area contributed by atoms with Gasteiger partial charge in [-0.3, -0.25) is 10.8 Å². The van der Waals surface area contributed by atoms with Gasteiger partial charge in [0, 0.05) is 11.2 Å². The van der Waals surface area contributed by atoms with Crippen molar-refractivity contribution in [2.75, 3.05) is 5.43 Å². The highest BCUT2D eigenvalue weighted by atomic mass is 79.9. The Bertz CT molecular complexity index is 551. The number of ether oxygens (including phenoxy) is 1. The Balaban J connectivity index is 2.06. The molecule has 0 aliphatic carbocycles. The second-order valence-electron chi connectivity index (χ2n) is 3.54. The lowest BCUT2D eigenvalue weighted by Gasteiger charge is -2.08. The molecule has 0 unspecified atom stereocenters. The molecule has 0 saturated heterocycles. The van der Waals surface area contributed by atoms with Gasteiger partial charge < -0.3 is 10.2 Å². The number of benzene rings is 1. The highest BCUT2D eigenvalue weighted by Gasteiger charge is 2.03. The Morgan fingerprint density at radius 1 is 1.33 bits per heavy atom. The maximum atomic E-state index is 5.85. The molecule has 94 valence electrons. The zero-order valence-electron chi connectivity index (χ0n) is 9.36. The molecule has 0 fully saturated rings. The average molecular weight is 329 g/mol. The number of hydrazine groups is 1. The average Bonchev–Trinajstić information content (AvgIpc) is 2.38. The summed E-state index contributed by atoms with van der Waals surface area (Å²) in [5.41, 5.74) is 4.14. The fraction of sp³-hybridized carbons (Fsp3) is 0.0833. The van der Waals surface area contributed by atoms with Gasteiger partial charge in [-0.15, -0.1) is 0 Å². The Morgan fingerprint density at radius 3 is 2.89 bits per heavy atom. The van der Waals surface area contributed by atoms with E-state index in [1.54, 1.807) is 30.5 Å². The number of hydrogen-bond acceptors (Lipinski definition) is 4. The minimum Gasteiger partial charge on any atom is -0.486 e. The number of aromatic nitrogens is 1. The molecule has 2 aromatic rings. The molecule has 0 atom stereocenters. The number of nitrogen functional groups attached to an aromatic ring is 1. The lowest BCUT2D eigenvalue weighted by atomic mass is 10.3. The Morgan fingerprint density at radius 2 is 2.17 bits per heavy atom. The third-order valence-electron chi connectivity index (χ3n) is 2.25. The first-order chi connectivity index (χ1) is 8.69. The van der Waals surface area contributed by atoms with Crippen LogP contribution in [0.25, 0.3) is 0 Å². The van der Waals surface area contributed by atoms with Crippen LogP contribution in [-0.2, 0) is 6.61 Å². The smallest absolute Gasteiger partial charge is 0.134 e. The zero-order valence-corrected chi connectivity index (χ0v) is 11.7. The molecular formula is C12H11BrClN3O. The molecule has 0 aliphatic rings. The van der Waals surface area contributed by atoms with Crippen molar-refractivity contribution in [2.24, 2.45) is 5.84 Å². The van der Waals surface area contributed by atoms with Crippen molar-refractivity contribution >= 4 is 33.2 Å². The minimum atomic E-state index is 0.357. The van der Waals surface area contributed by atoms with Gasteiger partial charge in [-0.2, -0.15) is 0 Å². The van der Waals surface area contributed by atoms with E-state index in [0.717, 1.165) is 15.9 Å². The maximum Gasteiger partial charge on any atom is 0.134 e. The number of nitrogens with two attached hydrogens (primary N) is 1. The first-order valence-electron chi connectivity index (χ1n) is 5.18. The highest BCUT2D eigenvalue weighted by molar-refractivity contribution is 9.10. The normalized spacial score (nSPS) is 10.2. The molecule has 4 nitrogen and oxygen atoms in total. The van der Waals surface area contributed by atoms with Crippen LogP contribution in [0.15, 0.2) is 41.0 Å². The summed E-state index contributed by atoms with van der Waals surface area (Å²) in [6.07, 6.45) is 1.67. The Kier molecular flexibility index (Phi) is 4.41. The lowest BCUT2D eigenvalue weighted by Crippen LogP contribution is -2.08. The number of nitrogens with one attached hydrogen (secondary N) is 1. The van der Waals surface area contributed by atoms with Gasteiger partial charge in [0.1, 0.15) is 12.4 Å². The number of hydrogen-bond donors (Lipinski definition) is 2. The molecule has 1 aromatic carbocycles.